The maximum Gasteiger partial charge on any atom is 0.246 e. The number of carbonyl (C=O) groups excluding carboxylic acids is 1. The van der Waals surface area contributed by atoms with Gasteiger partial charge in [0, 0.05) is 4.88 Å². The fourth-order valence-electron chi connectivity index (χ4n) is 2.73. The van der Waals surface area contributed by atoms with Crippen LogP contribution in [0.4, 0.5) is 5.13 Å². The van der Waals surface area contributed by atoms with Crippen molar-refractivity contribution in [1.29, 1.82) is 0 Å². The van der Waals surface area contributed by atoms with Crippen molar-refractivity contribution in [2.75, 3.05) is 11.9 Å². The monoisotopic (exact) mass is 265 g/mol. The summed E-state index contributed by atoms with van der Waals surface area (Å²) < 4.78 is 0. The lowest BCUT2D eigenvalue weighted by molar-refractivity contribution is -0.122. The van der Waals surface area contributed by atoms with Gasteiger partial charge in [-0.25, -0.2) is 4.98 Å². The molecule has 18 heavy (non-hydrogen) atoms. The van der Waals surface area contributed by atoms with Crippen molar-refractivity contribution in [3.63, 3.8) is 0 Å². The van der Waals surface area contributed by atoms with E-state index in [0.29, 0.717) is 0 Å². The topological polar surface area (TPSA) is 54.0 Å². The number of aromatic nitrogens is 1. The van der Waals surface area contributed by atoms with E-state index in [2.05, 4.69) is 15.6 Å². The molecule has 3 rings (SSSR count). The lowest BCUT2D eigenvalue weighted by Crippen LogP contribution is -2.54. The van der Waals surface area contributed by atoms with Gasteiger partial charge >= 0.3 is 0 Å². The van der Waals surface area contributed by atoms with E-state index in [1.807, 2.05) is 6.92 Å². The van der Waals surface area contributed by atoms with Gasteiger partial charge in [-0.2, -0.15) is 0 Å². The molecule has 2 aliphatic rings. The van der Waals surface area contributed by atoms with E-state index in [0.717, 1.165) is 43.8 Å². The average Bonchev–Trinajstić information content (AvgIpc) is 2.90. The Labute approximate surface area is 111 Å². The smallest absolute Gasteiger partial charge is 0.246 e. The summed E-state index contributed by atoms with van der Waals surface area (Å²) in [5, 5.41) is 7.09. The second kappa shape index (κ2) is 4.63. The predicted octanol–water partition coefficient (Wildman–Crippen LogP) is 2.10. The zero-order chi connectivity index (χ0) is 12.6. The third-order valence-corrected chi connectivity index (χ3v) is 5.01. The molecule has 1 amide bonds. The number of rotatable bonds is 2. The van der Waals surface area contributed by atoms with Gasteiger partial charge < -0.3 is 10.6 Å². The third-order valence-electron chi connectivity index (χ3n) is 3.94. The number of hydrogen-bond donors (Lipinski definition) is 2. The molecule has 0 radical (unpaired) electrons. The van der Waals surface area contributed by atoms with Gasteiger partial charge in [-0.05, 0) is 52.0 Å². The Balaban J connectivity index is 1.69. The van der Waals surface area contributed by atoms with Crippen LogP contribution >= 0.6 is 11.3 Å². The Hall–Kier alpha value is -0.940. The molecule has 2 N–H and O–H groups in total. The summed E-state index contributed by atoms with van der Waals surface area (Å²) >= 11 is 1.64. The van der Waals surface area contributed by atoms with Crippen molar-refractivity contribution in [3.05, 3.63) is 10.6 Å². The zero-order valence-electron chi connectivity index (χ0n) is 10.7. The molecule has 1 aromatic rings. The number of hydrogen-bond acceptors (Lipinski definition) is 4. The Morgan fingerprint density at radius 1 is 1.39 bits per heavy atom. The van der Waals surface area contributed by atoms with E-state index in [1.54, 1.807) is 11.3 Å². The second-order valence-corrected chi connectivity index (χ2v) is 6.50. The standard InChI is InChI=1S/C13H19N3OS/c1-13(7-2-3-8-14-13)11(17)16-12-15-9-5-4-6-10(9)18-12/h14H,2-8H2,1H3,(H,15,16,17). The average molecular weight is 265 g/mol. The molecule has 1 aliphatic carbocycles. The van der Waals surface area contributed by atoms with E-state index in [1.165, 1.54) is 17.0 Å². The molecule has 1 unspecified atom stereocenters. The highest BCUT2D eigenvalue weighted by Gasteiger charge is 2.34. The molecule has 1 fully saturated rings. The number of nitrogens with zero attached hydrogens (tertiary/aromatic N) is 1. The molecule has 1 atom stereocenters. The number of carbonyl (C=O) groups is 1. The highest BCUT2D eigenvalue weighted by molar-refractivity contribution is 7.15. The van der Waals surface area contributed by atoms with Crippen LogP contribution in [0.25, 0.3) is 0 Å². The Morgan fingerprint density at radius 2 is 2.28 bits per heavy atom. The predicted molar refractivity (Wildman–Crippen MR) is 73.0 cm³/mol. The fourth-order valence-corrected chi connectivity index (χ4v) is 3.77. The van der Waals surface area contributed by atoms with Crippen LogP contribution in [0.1, 0.15) is 43.2 Å². The lowest BCUT2D eigenvalue weighted by Gasteiger charge is -2.33. The molecular formula is C13H19N3OS. The number of amides is 1. The summed E-state index contributed by atoms with van der Waals surface area (Å²) in [6.45, 7) is 2.92. The normalized spacial score (nSPS) is 26.9. The summed E-state index contributed by atoms with van der Waals surface area (Å²) in [6, 6.07) is 0. The number of thiazole rings is 1. The van der Waals surface area contributed by atoms with Crippen LogP contribution in [-0.2, 0) is 17.6 Å². The molecular weight excluding hydrogens is 246 g/mol. The van der Waals surface area contributed by atoms with Gasteiger partial charge in [-0.15, -0.1) is 11.3 Å². The maximum absolute atomic E-state index is 12.3. The first kappa shape index (κ1) is 12.1. The molecule has 0 bridgehead atoms. The summed E-state index contributed by atoms with van der Waals surface area (Å²) in [4.78, 5) is 18.2. The van der Waals surface area contributed by atoms with Gasteiger partial charge in [-0.1, -0.05) is 0 Å². The van der Waals surface area contributed by atoms with E-state index in [-0.39, 0.29) is 5.91 Å². The summed E-state index contributed by atoms with van der Waals surface area (Å²) in [6.07, 6.45) is 6.58. The number of fused-ring (bicyclic) bond motifs is 1. The van der Waals surface area contributed by atoms with E-state index in [9.17, 15) is 4.79 Å². The van der Waals surface area contributed by atoms with Gasteiger partial charge in [0.15, 0.2) is 5.13 Å². The first-order chi connectivity index (χ1) is 8.67. The van der Waals surface area contributed by atoms with Gasteiger partial charge in [0.25, 0.3) is 0 Å². The summed E-state index contributed by atoms with van der Waals surface area (Å²) in [7, 11) is 0. The van der Waals surface area contributed by atoms with Crippen molar-refractivity contribution < 1.29 is 4.79 Å². The number of nitrogens with one attached hydrogen (secondary N) is 2. The minimum Gasteiger partial charge on any atom is -0.304 e. The van der Waals surface area contributed by atoms with Gasteiger partial charge in [0.2, 0.25) is 5.91 Å². The van der Waals surface area contributed by atoms with Crippen LogP contribution in [0.3, 0.4) is 0 Å². The minimum atomic E-state index is -0.422. The van der Waals surface area contributed by atoms with Gasteiger partial charge in [0.05, 0.1) is 11.2 Å². The molecule has 1 aliphatic heterocycles. The van der Waals surface area contributed by atoms with E-state index in [4.69, 9.17) is 0 Å². The van der Waals surface area contributed by atoms with Gasteiger partial charge in [0.1, 0.15) is 0 Å². The van der Waals surface area contributed by atoms with Crippen LogP contribution in [0.2, 0.25) is 0 Å². The van der Waals surface area contributed by atoms with Gasteiger partial charge in [-0.3, -0.25) is 4.79 Å². The quantitative estimate of drug-likeness (QED) is 0.861. The number of anilines is 1. The first-order valence-electron chi connectivity index (χ1n) is 6.72. The molecule has 0 aromatic carbocycles. The third kappa shape index (κ3) is 2.17. The molecule has 1 aromatic heterocycles. The molecule has 4 nitrogen and oxygen atoms in total. The van der Waals surface area contributed by atoms with E-state index < -0.39 is 5.54 Å². The van der Waals surface area contributed by atoms with Crippen molar-refractivity contribution in [2.24, 2.45) is 0 Å². The summed E-state index contributed by atoms with van der Waals surface area (Å²) in [5.41, 5.74) is 0.769. The summed E-state index contributed by atoms with van der Waals surface area (Å²) in [5.74, 6) is 0.0645. The van der Waals surface area contributed by atoms with Crippen LogP contribution in [0, 0.1) is 0 Å². The molecule has 0 saturated carbocycles. The highest BCUT2D eigenvalue weighted by Crippen LogP contribution is 2.31. The van der Waals surface area contributed by atoms with Crippen LogP contribution in [0.5, 0.6) is 0 Å². The highest BCUT2D eigenvalue weighted by atomic mass is 32.1. The SMILES string of the molecule is CC1(C(=O)Nc2nc3c(s2)CCC3)CCCCN1. The zero-order valence-corrected chi connectivity index (χ0v) is 11.5. The lowest BCUT2D eigenvalue weighted by atomic mass is 9.90. The Morgan fingerprint density at radius 3 is 3.00 bits per heavy atom. The number of piperidine rings is 1. The molecule has 5 heteroatoms. The van der Waals surface area contributed by atoms with Crippen molar-refractivity contribution in [3.8, 4) is 0 Å². The number of aryl methyl sites for hydroxylation is 2. The van der Waals surface area contributed by atoms with Crippen LogP contribution in [-0.4, -0.2) is 23.0 Å². The van der Waals surface area contributed by atoms with Crippen LogP contribution < -0.4 is 10.6 Å². The second-order valence-electron chi connectivity index (χ2n) is 5.41. The minimum absolute atomic E-state index is 0.0645. The largest absolute Gasteiger partial charge is 0.304 e. The molecule has 2 heterocycles. The maximum atomic E-state index is 12.3. The first-order valence-corrected chi connectivity index (χ1v) is 7.54. The Kier molecular flexibility index (Phi) is 3.11. The van der Waals surface area contributed by atoms with Crippen molar-refractivity contribution in [1.82, 2.24) is 10.3 Å². The Bertz CT molecular complexity index is 441. The van der Waals surface area contributed by atoms with E-state index >= 15 is 0 Å². The van der Waals surface area contributed by atoms with Crippen molar-refractivity contribution >= 4 is 22.4 Å². The van der Waals surface area contributed by atoms with Crippen molar-refractivity contribution in [2.45, 2.75) is 51.0 Å². The molecule has 0 spiro atoms. The molecule has 1 saturated heterocycles. The molecule has 98 valence electrons. The fraction of sp³-hybridized carbons (Fsp3) is 0.692. The van der Waals surface area contributed by atoms with Crippen LogP contribution in [0.15, 0.2) is 0 Å².